The van der Waals surface area contributed by atoms with Crippen LogP contribution in [0.15, 0.2) is 48.5 Å². The number of rotatable bonds is 3. The Morgan fingerprint density at radius 1 is 1.00 bits per heavy atom. The molecule has 2 fully saturated rings. The van der Waals surface area contributed by atoms with E-state index in [9.17, 15) is 9.59 Å². The van der Waals surface area contributed by atoms with Crippen LogP contribution in [0.25, 0.3) is 11.1 Å². The van der Waals surface area contributed by atoms with E-state index < -0.39 is 0 Å². The lowest BCUT2D eigenvalue weighted by Crippen LogP contribution is -2.60. The highest BCUT2D eigenvalue weighted by Crippen LogP contribution is 2.46. The molecule has 1 unspecified atom stereocenters. The van der Waals surface area contributed by atoms with Crippen molar-refractivity contribution >= 4 is 12.1 Å². The third kappa shape index (κ3) is 2.89. The molecule has 6 heteroatoms. The van der Waals surface area contributed by atoms with Crippen LogP contribution in [0.2, 0.25) is 0 Å². The quantitative estimate of drug-likeness (QED) is 0.734. The summed E-state index contributed by atoms with van der Waals surface area (Å²) in [5.41, 5.74) is 4.58. The van der Waals surface area contributed by atoms with E-state index in [0.717, 1.165) is 13.1 Å². The lowest BCUT2D eigenvalue weighted by atomic mass is 9.72. The molecule has 156 valence electrons. The third-order valence-electron chi connectivity index (χ3n) is 6.90. The summed E-state index contributed by atoms with van der Waals surface area (Å²) in [7, 11) is 3.43. The summed E-state index contributed by atoms with van der Waals surface area (Å²) in [4.78, 5) is 29.1. The van der Waals surface area contributed by atoms with Crippen LogP contribution in [0.4, 0.5) is 4.79 Å². The molecule has 2 aromatic carbocycles. The molecule has 1 aliphatic carbocycles. The van der Waals surface area contributed by atoms with Gasteiger partial charge in [0, 0.05) is 37.5 Å². The van der Waals surface area contributed by atoms with Gasteiger partial charge in [-0.05, 0) is 29.3 Å². The number of amides is 1. The molecule has 0 bridgehead atoms. The van der Waals surface area contributed by atoms with E-state index in [1.807, 2.05) is 31.3 Å². The van der Waals surface area contributed by atoms with Crippen molar-refractivity contribution in [1.82, 2.24) is 9.80 Å². The van der Waals surface area contributed by atoms with Gasteiger partial charge in [0.05, 0.1) is 13.0 Å². The third-order valence-corrected chi connectivity index (χ3v) is 6.90. The zero-order chi connectivity index (χ0) is 20.9. The first kappa shape index (κ1) is 19.1. The first-order chi connectivity index (χ1) is 14.5. The minimum atomic E-state index is -0.350. The van der Waals surface area contributed by atoms with Gasteiger partial charge in [-0.2, -0.15) is 0 Å². The van der Waals surface area contributed by atoms with E-state index in [-0.39, 0.29) is 29.3 Å². The summed E-state index contributed by atoms with van der Waals surface area (Å²) in [5, 5.41) is 0. The first-order valence-corrected chi connectivity index (χ1v) is 10.4. The predicted octanol–water partition coefficient (Wildman–Crippen LogP) is 2.97. The summed E-state index contributed by atoms with van der Waals surface area (Å²) in [6, 6.07) is 16.6. The Morgan fingerprint density at radius 2 is 1.60 bits per heavy atom. The van der Waals surface area contributed by atoms with Crippen LogP contribution in [-0.4, -0.2) is 68.8 Å². The van der Waals surface area contributed by atoms with Crippen molar-refractivity contribution in [3.8, 4) is 11.1 Å². The zero-order valence-electron chi connectivity index (χ0n) is 17.3. The Hall–Kier alpha value is -2.86. The maximum Gasteiger partial charge on any atom is 0.409 e. The van der Waals surface area contributed by atoms with Crippen molar-refractivity contribution in [1.29, 1.82) is 0 Å². The SMILES string of the molecule is COC(=O)C1CN(C(=O)OCC2c3ccccc3-c3ccccc32)CC12CN(C)C2. The lowest BCUT2D eigenvalue weighted by molar-refractivity contribution is -0.152. The molecule has 1 atom stereocenters. The van der Waals surface area contributed by atoms with Crippen LogP contribution >= 0.6 is 0 Å². The van der Waals surface area contributed by atoms with Gasteiger partial charge in [-0.25, -0.2) is 4.79 Å². The van der Waals surface area contributed by atoms with Crippen LogP contribution < -0.4 is 0 Å². The highest BCUT2D eigenvalue weighted by molar-refractivity contribution is 5.79. The molecule has 0 saturated carbocycles. The summed E-state index contributed by atoms with van der Waals surface area (Å²) >= 11 is 0. The largest absolute Gasteiger partial charge is 0.469 e. The average Bonchev–Trinajstić information content (AvgIpc) is 3.28. The summed E-state index contributed by atoms with van der Waals surface area (Å²) < 4.78 is 10.8. The average molecular weight is 406 g/mol. The zero-order valence-corrected chi connectivity index (χ0v) is 17.3. The molecule has 1 amide bonds. The number of esters is 1. The van der Waals surface area contributed by atoms with Gasteiger partial charge in [0.2, 0.25) is 0 Å². The second-order valence-corrected chi connectivity index (χ2v) is 8.79. The van der Waals surface area contributed by atoms with Gasteiger partial charge in [-0.15, -0.1) is 0 Å². The van der Waals surface area contributed by atoms with Crippen LogP contribution in [0, 0.1) is 11.3 Å². The molecule has 6 nitrogen and oxygen atoms in total. The summed E-state index contributed by atoms with van der Waals surface area (Å²) in [6.45, 7) is 2.77. The minimum Gasteiger partial charge on any atom is -0.469 e. The van der Waals surface area contributed by atoms with Gasteiger partial charge in [0.1, 0.15) is 6.61 Å². The molecule has 0 N–H and O–H groups in total. The minimum absolute atomic E-state index is 0.0316. The van der Waals surface area contributed by atoms with Crippen molar-refractivity contribution < 1.29 is 19.1 Å². The maximum absolute atomic E-state index is 12.9. The van der Waals surface area contributed by atoms with E-state index in [1.54, 1.807) is 4.90 Å². The van der Waals surface area contributed by atoms with Crippen molar-refractivity contribution in [3.05, 3.63) is 59.7 Å². The molecule has 0 aromatic heterocycles. The van der Waals surface area contributed by atoms with Crippen LogP contribution in [0.1, 0.15) is 17.0 Å². The number of likely N-dealkylation sites (tertiary alicyclic amines) is 2. The molecular formula is C24H26N2O4. The number of benzene rings is 2. The number of hydrogen-bond acceptors (Lipinski definition) is 5. The maximum atomic E-state index is 12.9. The molecule has 2 saturated heterocycles. The fourth-order valence-corrected chi connectivity index (χ4v) is 5.61. The van der Waals surface area contributed by atoms with Crippen molar-refractivity contribution in [2.45, 2.75) is 5.92 Å². The van der Waals surface area contributed by atoms with Crippen LogP contribution in [-0.2, 0) is 14.3 Å². The van der Waals surface area contributed by atoms with E-state index in [1.165, 1.54) is 29.4 Å². The topological polar surface area (TPSA) is 59.1 Å². The number of nitrogens with zero attached hydrogens (tertiary/aromatic N) is 2. The van der Waals surface area contributed by atoms with E-state index in [4.69, 9.17) is 9.47 Å². The second kappa shape index (κ2) is 7.13. The van der Waals surface area contributed by atoms with Crippen LogP contribution in [0.5, 0.6) is 0 Å². The molecule has 5 rings (SSSR count). The number of ether oxygens (including phenoxy) is 2. The number of hydrogen-bond donors (Lipinski definition) is 0. The standard InChI is InChI=1S/C24H26N2O4/c1-25-13-24(14-25)15-26(11-21(24)22(27)29-2)23(28)30-12-20-18-9-5-3-7-16(18)17-8-4-6-10-19(17)20/h3-10,20-21H,11-15H2,1-2H3. The fraction of sp³-hybridized carbons (Fsp3) is 0.417. The van der Waals surface area contributed by atoms with Gasteiger partial charge in [0.25, 0.3) is 0 Å². The second-order valence-electron chi connectivity index (χ2n) is 8.79. The highest BCUT2D eigenvalue weighted by atomic mass is 16.6. The van der Waals surface area contributed by atoms with Gasteiger partial charge in [-0.3, -0.25) is 4.79 Å². The Balaban J connectivity index is 1.31. The summed E-state index contributed by atoms with van der Waals surface area (Å²) in [5.74, 6) is -0.500. The number of methoxy groups -OCH3 is 1. The predicted molar refractivity (Wildman–Crippen MR) is 112 cm³/mol. The van der Waals surface area contributed by atoms with E-state index in [0.29, 0.717) is 19.7 Å². The molecule has 2 aliphatic heterocycles. The summed E-state index contributed by atoms with van der Waals surface area (Å²) in [6.07, 6.45) is -0.350. The van der Waals surface area contributed by atoms with Crippen LogP contribution in [0.3, 0.4) is 0 Å². The molecule has 2 heterocycles. The van der Waals surface area contributed by atoms with Crippen molar-refractivity contribution in [2.75, 3.05) is 46.9 Å². The molecule has 0 radical (unpaired) electrons. The van der Waals surface area contributed by atoms with Crippen molar-refractivity contribution in [3.63, 3.8) is 0 Å². The van der Waals surface area contributed by atoms with Gasteiger partial charge < -0.3 is 19.3 Å². The molecule has 30 heavy (non-hydrogen) atoms. The Kier molecular flexibility index (Phi) is 4.54. The Bertz CT molecular complexity index is 953. The molecular weight excluding hydrogens is 380 g/mol. The van der Waals surface area contributed by atoms with Crippen molar-refractivity contribution in [2.24, 2.45) is 11.3 Å². The number of carbonyl (C=O) groups excluding carboxylic acids is 2. The van der Waals surface area contributed by atoms with E-state index >= 15 is 0 Å². The Labute approximate surface area is 176 Å². The highest BCUT2D eigenvalue weighted by Gasteiger charge is 2.57. The monoisotopic (exact) mass is 406 g/mol. The number of carbonyl (C=O) groups is 2. The molecule has 1 spiro atoms. The van der Waals surface area contributed by atoms with E-state index in [2.05, 4.69) is 29.2 Å². The number of fused-ring (bicyclic) bond motifs is 3. The first-order valence-electron chi connectivity index (χ1n) is 10.4. The van der Waals surface area contributed by atoms with Gasteiger partial charge in [0.15, 0.2) is 0 Å². The normalized spacial score (nSPS) is 21.8. The fourth-order valence-electron chi connectivity index (χ4n) is 5.61. The van der Waals surface area contributed by atoms with Gasteiger partial charge in [-0.1, -0.05) is 48.5 Å². The smallest absolute Gasteiger partial charge is 0.409 e. The molecule has 2 aromatic rings. The van der Waals surface area contributed by atoms with Gasteiger partial charge >= 0.3 is 12.1 Å². The Morgan fingerprint density at radius 3 is 2.17 bits per heavy atom. The lowest BCUT2D eigenvalue weighted by Gasteiger charge is -2.48. The molecule has 3 aliphatic rings.